The Morgan fingerprint density at radius 2 is 1.67 bits per heavy atom. The molecule has 2 heterocycles. The zero-order valence-corrected chi connectivity index (χ0v) is 14.7. The second-order valence-electron chi connectivity index (χ2n) is 6.04. The van der Waals surface area contributed by atoms with Gasteiger partial charge in [-0.3, -0.25) is 18.8 Å². The van der Waals surface area contributed by atoms with Crippen LogP contribution < -0.4 is 21.0 Å². The molecule has 0 saturated heterocycles. The van der Waals surface area contributed by atoms with Crippen molar-refractivity contribution in [1.82, 2.24) is 9.13 Å². The van der Waals surface area contributed by atoms with Crippen LogP contribution in [0.15, 0.2) is 39.9 Å². The van der Waals surface area contributed by atoms with Gasteiger partial charge in [-0.1, -0.05) is 6.07 Å². The Labute approximate surface area is 151 Å². The lowest BCUT2D eigenvalue weighted by molar-refractivity contribution is -0.131. The Balaban J connectivity index is 2.40. The van der Waals surface area contributed by atoms with Crippen molar-refractivity contribution < 1.29 is 18.7 Å². The molecule has 10 heteroatoms. The van der Waals surface area contributed by atoms with Gasteiger partial charge in [0.05, 0.1) is 0 Å². The maximum atomic E-state index is 14.5. The summed E-state index contributed by atoms with van der Waals surface area (Å²) in [4.78, 5) is 38.4. The number of halogens is 2. The zero-order valence-electron chi connectivity index (χ0n) is 14.7. The molecule has 0 fully saturated rings. The van der Waals surface area contributed by atoms with Crippen LogP contribution in [-0.2, 0) is 18.9 Å². The van der Waals surface area contributed by atoms with Crippen molar-refractivity contribution >= 4 is 23.2 Å². The summed E-state index contributed by atoms with van der Waals surface area (Å²) >= 11 is 0. The van der Waals surface area contributed by atoms with Gasteiger partial charge in [-0.25, -0.2) is 18.4 Å². The van der Waals surface area contributed by atoms with E-state index in [1.54, 1.807) is 0 Å². The highest BCUT2D eigenvalue weighted by Crippen LogP contribution is 2.42. The van der Waals surface area contributed by atoms with Gasteiger partial charge in [0.1, 0.15) is 35.0 Å². The Kier molecular flexibility index (Phi) is 4.34. The minimum atomic E-state index is -1.27. The number of benzene rings is 1. The standard InChI is InChI=1S/C17H16F2N4O4/c1-20-11(7-8-12(24)25)23(13-9(18)5-4-6-10(13)19)15-14(20)16(26)22(3)17(27)21(15)2/h4-8,11H,1-3H3,(H,24,25)/b8-7+. The van der Waals surface area contributed by atoms with Crippen LogP contribution in [0.4, 0.5) is 26.0 Å². The first kappa shape index (κ1) is 18.4. The van der Waals surface area contributed by atoms with Crippen LogP contribution in [0.5, 0.6) is 0 Å². The Morgan fingerprint density at radius 3 is 2.22 bits per heavy atom. The Morgan fingerprint density at radius 1 is 1.07 bits per heavy atom. The van der Waals surface area contributed by atoms with Gasteiger partial charge in [0.15, 0.2) is 0 Å². The highest BCUT2D eigenvalue weighted by Gasteiger charge is 2.40. The van der Waals surface area contributed by atoms with Gasteiger partial charge in [0.2, 0.25) is 0 Å². The van der Waals surface area contributed by atoms with Crippen LogP contribution in [0.3, 0.4) is 0 Å². The number of carboxylic acid groups (broad SMARTS) is 1. The molecular weight excluding hydrogens is 362 g/mol. The van der Waals surface area contributed by atoms with Crippen molar-refractivity contribution in [2.45, 2.75) is 6.17 Å². The van der Waals surface area contributed by atoms with Crippen molar-refractivity contribution in [2.24, 2.45) is 14.1 Å². The number of carboxylic acids is 1. The average molecular weight is 378 g/mol. The molecule has 0 spiro atoms. The maximum Gasteiger partial charge on any atom is 0.332 e. The highest BCUT2D eigenvalue weighted by molar-refractivity contribution is 5.84. The summed E-state index contributed by atoms with van der Waals surface area (Å²) in [5.41, 5.74) is -1.82. The molecule has 2 aromatic rings. The van der Waals surface area contributed by atoms with Gasteiger partial charge in [-0.2, -0.15) is 0 Å². The van der Waals surface area contributed by atoms with E-state index in [0.717, 1.165) is 32.2 Å². The first-order valence-corrected chi connectivity index (χ1v) is 7.84. The Hall–Kier alpha value is -3.43. The third-order valence-electron chi connectivity index (χ3n) is 4.44. The molecule has 0 amide bonds. The van der Waals surface area contributed by atoms with Gasteiger partial charge in [-0.15, -0.1) is 0 Å². The quantitative estimate of drug-likeness (QED) is 0.799. The van der Waals surface area contributed by atoms with E-state index >= 15 is 0 Å². The topological polar surface area (TPSA) is 87.8 Å². The minimum absolute atomic E-state index is 0.0160. The highest BCUT2D eigenvalue weighted by atomic mass is 19.1. The zero-order chi connectivity index (χ0) is 20.0. The van der Waals surface area contributed by atoms with E-state index in [4.69, 9.17) is 5.11 Å². The predicted octanol–water partition coefficient (Wildman–Crippen LogP) is 0.917. The average Bonchev–Trinajstić information content (AvgIpc) is 2.88. The summed E-state index contributed by atoms with van der Waals surface area (Å²) < 4.78 is 31.0. The number of para-hydroxylation sites is 1. The van der Waals surface area contributed by atoms with E-state index in [9.17, 15) is 23.2 Å². The lowest BCUT2D eigenvalue weighted by Crippen LogP contribution is -2.39. The van der Waals surface area contributed by atoms with Gasteiger partial charge in [-0.05, 0) is 18.2 Å². The van der Waals surface area contributed by atoms with Crippen molar-refractivity contribution in [3.63, 3.8) is 0 Å². The smallest absolute Gasteiger partial charge is 0.332 e. The van der Waals surface area contributed by atoms with E-state index in [1.807, 2.05) is 0 Å². The Bertz CT molecular complexity index is 1070. The monoisotopic (exact) mass is 378 g/mol. The maximum absolute atomic E-state index is 14.5. The SMILES string of the molecule is CN1c2c(n(C)c(=O)n(C)c2=O)N(c2c(F)cccc2F)C1/C=C/C(=O)O. The number of rotatable bonds is 3. The van der Waals surface area contributed by atoms with Crippen molar-refractivity contribution in [1.29, 1.82) is 0 Å². The fourth-order valence-corrected chi connectivity index (χ4v) is 3.17. The lowest BCUT2D eigenvalue weighted by atomic mass is 10.2. The summed E-state index contributed by atoms with van der Waals surface area (Å²) in [5, 5.41) is 8.95. The number of hydrogen-bond acceptors (Lipinski definition) is 5. The molecule has 0 saturated carbocycles. The molecule has 8 nitrogen and oxygen atoms in total. The minimum Gasteiger partial charge on any atom is -0.478 e. The molecular formula is C17H16F2N4O4. The molecule has 27 heavy (non-hydrogen) atoms. The molecule has 1 atom stereocenters. The van der Waals surface area contributed by atoms with E-state index in [0.29, 0.717) is 0 Å². The predicted molar refractivity (Wildman–Crippen MR) is 94.4 cm³/mol. The van der Waals surface area contributed by atoms with Crippen LogP contribution in [0, 0.1) is 11.6 Å². The molecule has 1 aliphatic rings. The van der Waals surface area contributed by atoms with Crippen LogP contribution >= 0.6 is 0 Å². The van der Waals surface area contributed by atoms with Crippen LogP contribution in [0.25, 0.3) is 0 Å². The van der Waals surface area contributed by atoms with Crippen molar-refractivity contribution in [2.75, 3.05) is 16.8 Å². The van der Waals surface area contributed by atoms with E-state index in [1.165, 1.54) is 38.2 Å². The van der Waals surface area contributed by atoms with E-state index in [-0.39, 0.29) is 11.5 Å². The summed E-state index contributed by atoms with van der Waals surface area (Å²) in [5.74, 6) is -3.14. The lowest BCUT2D eigenvalue weighted by Gasteiger charge is -2.28. The van der Waals surface area contributed by atoms with Crippen LogP contribution in [0.1, 0.15) is 0 Å². The third-order valence-corrected chi connectivity index (χ3v) is 4.44. The van der Waals surface area contributed by atoms with Gasteiger partial charge < -0.3 is 10.0 Å². The summed E-state index contributed by atoms with van der Waals surface area (Å²) in [6.45, 7) is 0. The second kappa shape index (κ2) is 6.38. The number of aliphatic carboxylic acids is 1. The number of anilines is 3. The molecule has 142 valence electrons. The summed E-state index contributed by atoms with van der Waals surface area (Å²) in [6.07, 6.45) is 0.947. The first-order chi connectivity index (χ1) is 12.7. The van der Waals surface area contributed by atoms with E-state index < -0.39 is 40.7 Å². The molecule has 1 aromatic heterocycles. The number of likely N-dealkylation sites (N-methyl/N-ethyl adjacent to an activating group) is 1. The fraction of sp³-hybridized carbons (Fsp3) is 0.235. The molecule has 3 rings (SSSR count). The van der Waals surface area contributed by atoms with Crippen LogP contribution in [-0.4, -0.2) is 33.4 Å². The van der Waals surface area contributed by atoms with Gasteiger partial charge in [0.25, 0.3) is 5.56 Å². The van der Waals surface area contributed by atoms with Gasteiger partial charge in [0, 0.05) is 27.2 Å². The number of carbonyl (C=O) groups is 1. The number of nitrogens with zero attached hydrogens (tertiary/aromatic N) is 4. The molecule has 1 aliphatic heterocycles. The molecule has 0 aliphatic carbocycles. The largest absolute Gasteiger partial charge is 0.478 e. The first-order valence-electron chi connectivity index (χ1n) is 7.84. The number of hydrogen-bond donors (Lipinski definition) is 1. The third kappa shape index (κ3) is 2.69. The summed E-state index contributed by atoms with van der Waals surface area (Å²) in [7, 11) is 4.12. The number of fused-ring (bicyclic) bond motifs is 1. The molecule has 0 radical (unpaired) electrons. The number of aromatic nitrogens is 2. The summed E-state index contributed by atoms with van der Waals surface area (Å²) in [6, 6.07) is 3.25. The van der Waals surface area contributed by atoms with Gasteiger partial charge >= 0.3 is 11.7 Å². The van der Waals surface area contributed by atoms with Crippen molar-refractivity contribution in [3.05, 3.63) is 62.8 Å². The second-order valence-corrected chi connectivity index (χ2v) is 6.04. The molecule has 1 unspecified atom stereocenters. The van der Waals surface area contributed by atoms with Crippen molar-refractivity contribution in [3.8, 4) is 0 Å². The molecule has 1 N–H and O–H groups in total. The molecule has 0 bridgehead atoms. The molecule has 1 aromatic carbocycles. The fourth-order valence-electron chi connectivity index (χ4n) is 3.17. The van der Waals surface area contributed by atoms with Crippen LogP contribution in [0.2, 0.25) is 0 Å². The van der Waals surface area contributed by atoms with E-state index in [2.05, 4.69) is 0 Å². The normalized spacial score (nSPS) is 16.3.